The van der Waals surface area contributed by atoms with Gasteiger partial charge in [-0.05, 0) is 43.7 Å². The van der Waals surface area contributed by atoms with Crippen LogP contribution in [0.25, 0.3) is 27.9 Å². The van der Waals surface area contributed by atoms with Gasteiger partial charge in [-0.15, -0.1) is 0 Å². The third-order valence-electron chi connectivity index (χ3n) is 7.13. The van der Waals surface area contributed by atoms with Gasteiger partial charge in [0, 0.05) is 56.7 Å². The van der Waals surface area contributed by atoms with Crippen molar-refractivity contribution in [1.29, 1.82) is 0 Å². The predicted molar refractivity (Wildman–Crippen MR) is 138 cm³/mol. The molecule has 36 heavy (non-hydrogen) atoms. The van der Waals surface area contributed by atoms with E-state index in [-0.39, 0.29) is 11.9 Å². The first kappa shape index (κ1) is 24.2. The number of pyridine rings is 1. The molecule has 4 aromatic heterocycles. The van der Waals surface area contributed by atoms with Crippen LogP contribution >= 0.6 is 0 Å². The smallest absolute Gasteiger partial charge is 0.257 e. The molecule has 10 nitrogen and oxygen atoms in total. The highest BCUT2D eigenvalue weighted by atomic mass is 16.4. The molecule has 2 atom stereocenters. The molecule has 0 aliphatic heterocycles. The summed E-state index contributed by atoms with van der Waals surface area (Å²) in [5, 5.41) is 21.4. The summed E-state index contributed by atoms with van der Waals surface area (Å²) in [5.41, 5.74) is 3.57. The molecule has 4 aromatic rings. The van der Waals surface area contributed by atoms with Gasteiger partial charge in [0.25, 0.3) is 5.91 Å². The highest BCUT2D eigenvalue weighted by Crippen LogP contribution is 2.41. The first-order chi connectivity index (χ1) is 17.4. The molecular weight excluding hydrogens is 458 g/mol. The van der Waals surface area contributed by atoms with Gasteiger partial charge in [0.05, 0.1) is 24.0 Å². The Balaban J connectivity index is 0.000000848. The van der Waals surface area contributed by atoms with Crippen LogP contribution in [0.5, 0.6) is 0 Å². The van der Waals surface area contributed by atoms with Crippen molar-refractivity contribution in [1.82, 2.24) is 29.5 Å². The molecular formula is C26H33N7O3. The fourth-order valence-electron chi connectivity index (χ4n) is 4.99. The molecule has 190 valence electrons. The maximum absolute atomic E-state index is 12.9. The summed E-state index contributed by atoms with van der Waals surface area (Å²) in [7, 11) is 5.07. The van der Waals surface area contributed by atoms with E-state index in [9.17, 15) is 9.90 Å². The summed E-state index contributed by atoms with van der Waals surface area (Å²) in [6.45, 7) is 2.28. The van der Waals surface area contributed by atoms with Crippen LogP contribution in [-0.2, 0) is 4.74 Å². The zero-order valence-corrected chi connectivity index (χ0v) is 21.1. The van der Waals surface area contributed by atoms with Crippen LogP contribution in [0, 0.1) is 5.92 Å². The summed E-state index contributed by atoms with van der Waals surface area (Å²) >= 11 is 0. The second-order valence-electron chi connectivity index (χ2n) is 9.76. The quantitative estimate of drug-likeness (QED) is 0.392. The number of hydrogen-bond donors (Lipinski definition) is 3. The van der Waals surface area contributed by atoms with E-state index >= 15 is 0 Å². The van der Waals surface area contributed by atoms with Crippen LogP contribution in [-0.4, -0.2) is 68.6 Å². The average molecular weight is 492 g/mol. The molecule has 2 unspecified atom stereocenters. The lowest BCUT2D eigenvalue weighted by Crippen LogP contribution is -2.50. The van der Waals surface area contributed by atoms with Crippen LogP contribution in [0.2, 0.25) is 0 Å². The third kappa shape index (κ3) is 4.20. The van der Waals surface area contributed by atoms with Gasteiger partial charge in [0.15, 0.2) is 5.65 Å². The number of rotatable bonds is 5. The van der Waals surface area contributed by atoms with Crippen molar-refractivity contribution in [2.45, 2.75) is 50.8 Å². The number of aliphatic hydroxyl groups excluding tert-OH is 1. The molecule has 4 heterocycles. The highest BCUT2D eigenvalue weighted by molar-refractivity contribution is 6.01. The minimum atomic E-state index is -0.486. The van der Waals surface area contributed by atoms with E-state index in [0.717, 1.165) is 53.3 Å². The minimum absolute atomic E-state index is 0.215. The standard InChI is InChI=1S/C24H27N7O2.C2H6O/c1-13-8-14(9-13)30-12-17(15-4-3-7-26-22(15)30)19-10-21(25-2)31-23(28-19)16(11-27-31)24(33)29-18-5-6-20(18)32;1-3-2/h3-4,7,10-14,18,20,25,32H,5-6,8-9H2,1-2H3,(H,29,33);1-2H3. The van der Waals surface area contributed by atoms with Crippen molar-refractivity contribution in [3.63, 3.8) is 0 Å². The molecule has 1 amide bonds. The number of fused-ring (bicyclic) bond motifs is 2. The van der Waals surface area contributed by atoms with E-state index in [4.69, 9.17) is 4.98 Å². The normalized spacial score (nSPS) is 22.9. The number of hydrogen-bond acceptors (Lipinski definition) is 7. The zero-order chi connectivity index (χ0) is 25.4. The number of methoxy groups -OCH3 is 1. The van der Waals surface area contributed by atoms with Gasteiger partial charge in [-0.3, -0.25) is 4.79 Å². The number of carbonyl (C=O) groups is 1. The number of carbonyl (C=O) groups excluding carboxylic acids is 1. The van der Waals surface area contributed by atoms with E-state index in [1.807, 2.05) is 25.4 Å². The maximum Gasteiger partial charge on any atom is 0.257 e. The van der Waals surface area contributed by atoms with Crippen molar-refractivity contribution in [3.8, 4) is 11.3 Å². The molecule has 2 aliphatic carbocycles. The van der Waals surface area contributed by atoms with Crippen molar-refractivity contribution >= 4 is 28.4 Å². The van der Waals surface area contributed by atoms with Crippen LogP contribution in [0.1, 0.15) is 49.0 Å². The lowest BCUT2D eigenvalue weighted by molar-refractivity contribution is 0.0448. The molecule has 6 rings (SSSR count). The fourth-order valence-corrected chi connectivity index (χ4v) is 4.99. The molecule has 0 bridgehead atoms. The fraction of sp³-hybridized carbons (Fsp3) is 0.462. The Bertz CT molecular complexity index is 1390. The maximum atomic E-state index is 12.9. The van der Waals surface area contributed by atoms with Gasteiger partial charge in [-0.2, -0.15) is 9.61 Å². The zero-order valence-electron chi connectivity index (χ0n) is 21.1. The number of aliphatic hydroxyl groups is 1. The third-order valence-corrected chi connectivity index (χ3v) is 7.13. The van der Waals surface area contributed by atoms with Crippen LogP contribution < -0.4 is 10.6 Å². The Morgan fingerprint density at radius 1 is 1.22 bits per heavy atom. The van der Waals surface area contributed by atoms with Crippen molar-refractivity contribution < 1.29 is 14.6 Å². The van der Waals surface area contributed by atoms with Crippen LogP contribution in [0.15, 0.2) is 36.8 Å². The SMILES string of the molecule is CNc1cc(-c2cn(C3CC(C)C3)c3ncccc23)nc2c(C(=O)NC3CCC3O)cnn12.COC. The summed E-state index contributed by atoms with van der Waals surface area (Å²) in [6.07, 6.45) is 8.81. The molecule has 3 N–H and O–H groups in total. The van der Waals surface area contributed by atoms with E-state index in [1.54, 1.807) is 18.7 Å². The number of ether oxygens (including phenoxy) is 1. The van der Waals surface area contributed by atoms with E-state index < -0.39 is 6.10 Å². The minimum Gasteiger partial charge on any atom is -0.391 e. The van der Waals surface area contributed by atoms with Gasteiger partial charge in [0.1, 0.15) is 17.0 Å². The van der Waals surface area contributed by atoms with Gasteiger partial charge >= 0.3 is 0 Å². The molecule has 0 saturated heterocycles. The Kier molecular flexibility index (Phi) is 6.63. The Labute approximate surface area is 209 Å². The first-order valence-electron chi connectivity index (χ1n) is 12.4. The van der Waals surface area contributed by atoms with Gasteiger partial charge in [-0.1, -0.05) is 6.92 Å². The second kappa shape index (κ2) is 9.87. The number of nitrogens with zero attached hydrogens (tertiary/aromatic N) is 5. The molecule has 10 heteroatoms. The van der Waals surface area contributed by atoms with E-state index in [1.165, 1.54) is 6.20 Å². The van der Waals surface area contributed by atoms with Gasteiger partial charge < -0.3 is 25.0 Å². The molecule has 0 spiro atoms. The number of nitrogens with one attached hydrogen (secondary N) is 2. The number of aromatic nitrogens is 5. The predicted octanol–water partition coefficient (Wildman–Crippen LogP) is 3.27. The molecule has 0 aromatic carbocycles. The van der Waals surface area contributed by atoms with Crippen molar-refractivity contribution in [2.75, 3.05) is 26.6 Å². The average Bonchev–Trinajstić information content (AvgIpc) is 3.46. The summed E-state index contributed by atoms with van der Waals surface area (Å²) < 4.78 is 8.16. The number of anilines is 1. The van der Waals surface area contributed by atoms with Gasteiger partial charge in [0.2, 0.25) is 0 Å². The lowest BCUT2D eigenvalue weighted by Gasteiger charge is -2.34. The van der Waals surface area contributed by atoms with E-state index in [0.29, 0.717) is 23.7 Å². The van der Waals surface area contributed by atoms with Crippen LogP contribution in [0.3, 0.4) is 0 Å². The first-order valence-corrected chi connectivity index (χ1v) is 12.4. The largest absolute Gasteiger partial charge is 0.391 e. The van der Waals surface area contributed by atoms with Crippen LogP contribution in [0.4, 0.5) is 5.82 Å². The summed E-state index contributed by atoms with van der Waals surface area (Å²) in [4.78, 5) is 22.5. The monoisotopic (exact) mass is 491 g/mol. The number of amides is 1. The Hall–Kier alpha value is -3.50. The summed E-state index contributed by atoms with van der Waals surface area (Å²) in [6, 6.07) is 6.20. The van der Waals surface area contributed by atoms with Gasteiger partial charge in [-0.25, -0.2) is 9.97 Å². The van der Waals surface area contributed by atoms with Crippen molar-refractivity contribution in [3.05, 3.63) is 42.4 Å². The van der Waals surface area contributed by atoms with E-state index in [2.05, 4.69) is 49.2 Å². The Morgan fingerprint density at radius 3 is 2.64 bits per heavy atom. The molecule has 2 fully saturated rings. The lowest BCUT2D eigenvalue weighted by atomic mass is 9.82. The second-order valence-corrected chi connectivity index (χ2v) is 9.76. The Morgan fingerprint density at radius 2 is 2.00 bits per heavy atom. The molecule has 2 aliphatic rings. The molecule has 2 saturated carbocycles. The summed E-state index contributed by atoms with van der Waals surface area (Å²) in [5.74, 6) is 1.19. The highest BCUT2D eigenvalue weighted by Gasteiger charge is 2.32. The topological polar surface area (TPSA) is 119 Å². The van der Waals surface area contributed by atoms with Crippen molar-refractivity contribution in [2.24, 2.45) is 5.92 Å². The molecule has 0 radical (unpaired) electrons.